The van der Waals surface area contributed by atoms with Gasteiger partial charge in [-0.25, -0.2) is 4.98 Å². The van der Waals surface area contributed by atoms with Gasteiger partial charge in [-0.1, -0.05) is 12.1 Å². The summed E-state index contributed by atoms with van der Waals surface area (Å²) in [7, 11) is 6.57. The number of imidazole rings is 1. The van der Waals surface area contributed by atoms with Gasteiger partial charge in [-0.2, -0.15) is 0 Å². The Labute approximate surface area is 179 Å². The Bertz CT molecular complexity index is 1030. The van der Waals surface area contributed by atoms with Gasteiger partial charge in [0.25, 0.3) is 0 Å². The summed E-state index contributed by atoms with van der Waals surface area (Å²) in [6.45, 7) is 3.01. The second-order valence-electron chi connectivity index (χ2n) is 9.07. The highest BCUT2D eigenvalue weighted by atomic mass is 15.3. The molecular weight excluding hydrogens is 372 g/mol. The van der Waals surface area contributed by atoms with Crippen LogP contribution in [0.25, 0.3) is 5.65 Å². The fraction of sp³-hybridized carbons (Fsp3) is 0.500. The number of anilines is 1. The number of hydrogen-bond donors (Lipinski definition) is 0. The molecule has 1 aliphatic heterocycles. The highest BCUT2D eigenvalue weighted by molar-refractivity contribution is 5.53. The molecule has 0 radical (unpaired) electrons. The maximum atomic E-state index is 4.95. The third-order valence-corrected chi connectivity index (χ3v) is 6.85. The van der Waals surface area contributed by atoms with Gasteiger partial charge in [0, 0.05) is 38.1 Å². The predicted octanol–water partition coefficient (Wildman–Crippen LogP) is 3.38. The molecule has 4 heterocycles. The number of hydrogen-bond acceptors (Lipinski definition) is 5. The van der Waals surface area contributed by atoms with Crippen LogP contribution in [0.5, 0.6) is 0 Å². The summed E-state index contributed by atoms with van der Waals surface area (Å²) < 4.78 is 2.27. The van der Waals surface area contributed by atoms with Crippen molar-refractivity contribution in [3.8, 4) is 0 Å². The van der Waals surface area contributed by atoms with Crippen LogP contribution in [-0.2, 0) is 13.0 Å². The Balaban J connectivity index is 1.38. The van der Waals surface area contributed by atoms with Crippen molar-refractivity contribution in [2.75, 3.05) is 39.1 Å². The quantitative estimate of drug-likeness (QED) is 0.652. The molecule has 30 heavy (non-hydrogen) atoms. The monoisotopic (exact) mass is 404 g/mol. The lowest BCUT2D eigenvalue weighted by atomic mass is 9.91. The fourth-order valence-corrected chi connectivity index (χ4v) is 5.13. The van der Waals surface area contributed by atoms with Crippen LogP contribution in [0, 0.1) is 0 Å². The van der Waals surface area contributed by atoms with E-state index in [2.05, 4.69) is 76.8 Å². The van der Waals surface area contributed by atoms with Gasteiger partial charge in [0.15, 0.2) is 0 Å². The first-order chi connectivity index (χ1) is 14.6. The minimum atomic E-state index is 0.374. The van der Waals surface area contributed by atoms with E-state index < -0.39 is 0 Å². The zero-order chi connectivity index (χ0) is 20.7. The normalized spacial score (nSPS) is 21.7. The van der Waals surface area contributed by atoms with Crippen molar-refractivity contribution in [1.82, 2.24) is 24.2 Å². The number of aryl methyl sites for hydroxylation is 1. The molecule has 3 aromatic heterocycles. The van der Waals surface area contributed by atoms with Crippen molar-refractivity contribution in [3.05, 3.63) is 59.7 Å². The van der Waals surface area contributed by atoms with Crippen molar-refractivity contribution in [3.63, 3.8) is 0 Å². The number of likely N-dealkylation sites (N-methyl/N-ethyl adjacent to an activating group) is 1. The Hall–Kier alpha value is -2.44. The van der Waals surface area contributed by atoms with Gasteiger partial charge >= 0.3 is 0 Å². The van der Waals surface area contributed by atoms with E-state index in [1.54, 1.807) is 0 Å². The lowest BCUT2D eigenvalue weighted by molar-refractivity contribution is 0.206. The zero-order valence-electron chi connectivity index (χ0n) is 18.3. The highest BCUT2D eigenvalue weighted by Crippen LogP contribution is 2.33. The molecule has 2 atom stereocenters. The topological polar surface area (TPSA) is 39.9 Å². The molecule has 0 spiro atoms. The largest absolute Gasteiger partial charge is 0.356 e. The lowest BCUT2D eigenvalue weighted by Crippen LogP contribution is -2.32. The molecule has 1 fully saturated rings. The molecule has 0 N–H and O–H groups in total. The van der Waals surface area contributed by atoms with Crippen LogP contribution in [0.1, 0.15) is 42.3 Å². The number of rotatable bonds is 5. The summed E-state index contributed by atoms with van der Waals surface area (Å²) >= 11 is 0. The Morgan fingerprint density at radius 2 is 2.00 bits per heavy atom. The van der Waals surface area contributed by atoms with Crippen LogP contribution in [0.3, 0.4) is 0 Å². The third-order valence-electron chi connectivity index (χ3n) is 6.85. The molecule has 3 aromatic rings. The summed E-state index contributed by atoms with van der Waals surface area (Å²) in [5.41, 5.74) is 4.81. The fourth-order valence-electron chi connectivity index (χ4n) is 5.13. The Morgan fingerprint density at radius 3 is 2.83 bits per heavy atom. The number of pyridine rings is 2. The summed E-state index contributed by atoms with van der Waals surface area (Å²) in [5, 5.41) is 0. The van der Waals surface area contributed by atoms with Gasteiger partial charge in [-0.15, -0.1) is 0 Å². The summed E-state index contributed by atoms with van der Waals surface area (Å²) in [6, 6.07) is 11.8. The molecule has 1 unspecified atom stereocenters. The molecule has 0 aromatic carbocycles. The van der Waals surface area contributed by atoms with Crippen molar-refractivity contribution in [2.45, 2.75) is 44.3 Å². The minimum absolute atomic E-state index is 0.374. The van der Waals surface area contributed by atoms with E-state index in [9.17, 15) is 0 Å². The second kappa shape index (κ2) is 8.00. The third kappa shape index (κ3) is 3.59. The van der Waals surface area contributed by atoms with E-state index in [1.165, 1.54) is 36.3 Å². The predicted molar refractivity (Wildman–Crippen MR) is 121 cm³/mol. The van der Waals surface area contributed by atoms with E-state index in [0.717, 1.165) is 37.4 Å². The first-order valence-electron chi connectivity index (χ1n) is 11.1. The van der Waals surface area contributed by atoms with Crippen LogP contribution < -0.4 is 4.90 Å². The molecule has 6 nitrogen and oxygen atoms in total. The van der Waals surface area contributed by atoms with E-state index in [1.807, 2.05) is 6.20 Å². The molecular formula is C24H32N6. The van der Waals surface area contributed by atoms with Crippen LogP contribution in [0.15, 0.2) is 42.7 Å². The van der Waals surface area contributed by atoms with Crippen molar-refractivity contribution in [2.24, 2.45) is 0 Å². The summed E-state index contributed by atoms with van der Waals surface area (Å²) in [4.78, 5) is 16.9. The zero-order valence-corrected chi connectivity index (χ0v) is 18.3. The molecule has 2 aliphatic rings. The SMILES string of the molecule is CN(Cc1cn2c(N3CC[C@@H](N(C)C)C3)cccc2n1)C1CCCc2cccnc21. The van der Waals surface area contributed by atoms with Gasteiger partial charge in [0.05, 0.1) is 17.4 Å². The average molecular weight is 405 g/mol. The van der Waals surface area contributed by atoms with E-state index in [-0.39, 0.29) is 0 Å². The average Bonchev–Trinajstić information content (AvgIpc) is 3.40. The van der Waals surface area contributed by atoms with Gasteiger partial charge < -0.3 is 9.80 Å². The van der Waals surface area contributed by atoms with Gasteiger partial charge in [0.1, 0.15) is 11.5 Å². The molecule has 0 bridgehead atoms. The number of nitrogens with zero attached hydrogens (tertiary/aromatic N) is 6. The summed E-state index contributed by atoms with van der Waals surface area (Å²) in [6.07, 6.45) is 8.91. The Morgan fingerprint density at radius 1 is 1.10 bits per heavy atom. The molecule has 5 rings (SSSR count). The van der Waals surface area contributed by atoms with Crippen LogP contribution in [-0.4, -0.2) is 64.4 Å². The maximum absolute atomic E-state index is 4.95. The number of fused-ring (bicyclic) bond motifs is 2. The molecule has 158 valence electrons. The second-order valence-corrected chi connectivity index (χ2v) is 9.07. The van der Waals surface area contributed by atoms with Crippen molar-refractivity contribution in [1.29, 1.82) is 0 Å². The van der Waals surface area contributed by atoms with Gasteiger partial charge in [0.2, 0.25) is 0 Å². The minimum Gasteiger partial charge on any atom is -0.356 e. The van der Waals surface area contributed by atoms with Crippen LogP contribution >= 0.6 is 0 Å². The molecule has 6 heteroatoms. The molecule has 1 saturated heterocycles. The van der Waals surface area contributed by atoms with Crippen LogP contribution in [0.4, 0.5) is 5.82 Å². The van der Waals surface area contributed by atoms with Gasteiger partial charge in [-0.05, 0) is 70.6 Å². The first kappa shape index (κ1) is 19.5. The van der Waals surface area contributed by atoms with Crippen molar-refractivity contribution < 1.29 is 0 Å². The van der Waals surface area contributed by atoms with E-state index in [0.29, 0.717) is 12.1 Å². The Kier molecular flexibility index (Phi) is 5.21. The summed E-state index contributed by atoms with van der Waals surface area (Å²) in [5.74, 6) is 1.25. The number of aromatic nitrogens is 3. The lowest BCUT2D eigenvalue weighted by Gasteiger charge is -2.31. The maximum Gasteiger partial charge on any atom is 0.138 e. The van der Waals surface area contributed by atoms with Crippen molar-refractivity contribution >= 4 is 11.5 Å². The molecule has 1 aliphatic carbocycles. The standard InChI is InChI=1S/C24H32N6/c1-27(2)20-12-14-29(17-20)23-11-5-10-22-26-19(16-30(22)23)15-28(3)21-9-4-7-18-8-6-13-25-24(18)21/h5-6,8,10-11,13,16,20-21H,4,7,9,12,14-15,17H2,1-3H3/t20-,21?/m1/s1. The highest BCUT2D eigenvalue weighted by Gasteiger charge is 2.27. The van der Waals surface area contributed by atoms with E-state index in [4.69, 9.17) is 9.97 Å². The van der Waals surface area contributed by atoms with E-state index >= 15 is 0 Å². The molecule has 0 saturated carbocycles. The van der Waals surface area contributed by atoms with Crippen LogP contribution in [0.2, 0.25) is 0 Å². The smallest absolute Gasteiger partial charge is 0.138 e. The first-order valence-corrected chi connectivity index (χ1v) is 11.1. The van der Waals surface area contributed by atoms with Gasteiger partial charge in [-0.3, -0.25) is 14.3 Å². The molecule has 0 amide bonds.